The molecule has 1 aromatic carbocycles. The minimum Gasteiger partial charge on any atom is -0.465 e. The summed E-state index contributed by atoms with van der Waals surface area (Å²) in [5, 5.41) is 2.99. The molecule has 0 atom stereocenters. The van der Waals surface area contributed by atoms with Crippen molar-refractivity contribution in [3.05, 3.63) is 35.4 Å². The Bertz CT molecular complexity index is 375. The molecule has 5 heteroatoms. The minimum atomic E-state index is -0.365. The predicted molar refractivity (Wildman–Crippen MR) is 63.4 cm³/mol. The van der Waals surface area contributed by atoms with Gasteiger partial charge in [-0.3, -0.25) is 4.79 Å². The van der Waals surface area contributed by atoms with Crippen LogP contribution < -0.4 is 5.32 Å². The Morgan fingerprint density at radius 3 is 2.44 bits per heavy atom. The van der Waals surface area contributed by atoms with Gasteiger partial charge >= 0.3 is 5.97 Å². The van der Waals surface area contributed by atoms with Gasteiger partial charge in [-0.25, -0.2) is 4.79 Å². The van der Waals surface area contributed by atoms with Crippen molar-refractivity contribution in [3.8, 4) is 0 Å². The highest BCUT2D eigenvalue weighted by Gasteiger charge is 2.04. The Hall–Kier alpha value is -1.36. The summed E-state index contributed by atoms with van der Waals surface area (Å²) in [6.45, 7) is 0.450. The van der Waals surface area contributed by atoms with E-state index in [1.807, 2.05) is 0 Å². The quantitative estimate of drug-likeness (QED) is 0.674. The second kappa shape index (κ2) is 6.27. The molecule has 1 amide bonds. The molecule has 0 saturated heterocycles. The van der Waals surface area contributed by atoms with Crippen molar-refractivity contribution in [2.24, 2.45) is 0 Å². The number of carbonyl (C=O) groups excluding carboxylic acids is 2. The fourth-order valence-corrected chi connectivity index (χ4v) is 1.32. The maximum absolute atomic E-state index is 11.1. The van der Waals surface area contributed by atoms with Gasteiger partial charge in [-0.2, -0.15) is 0 Å². The first kappa shape index (κ1) is 12.7. The molecule has 86 valence electrons. The molecule has 16 heavy (non-hydrogen) atoms. The van der Waals surface area contributed by atoms with Crippen LogP contribution in [0, 0.1) is 0 Å². The van der Waals surface area contributed by atoms with Gasteiger partial charge in [0.15, 0.2) is 0 Å². The van der Waals surface area contributed by atoms with Crippen molar-refractivity contribution >= 4 is 27.8 Å². The van der Waals surface area contributed by atoms with Gasteiger partial charge in [0.25, 0.3) is 0 Å². The van der Waals surface area contributed by atoms with Gasteiger partial charge in [-0.1, -0.05) is 28.1 Å². The molecule has 4 nitrogen and oxygen atoms in total. The lowest BCUT2D eigenvalue weighted by atomic mass is 10.1. The van der Waals surface area contributed by atoms with E-state index >= 15 is 0 Å². The lowest BCUT2D eigenvalue weighted by Crippen LogP contribution is -2.23. The van der Waals surface area contributed by atoms with E-state index in [2.05, 4.69) is 26.0 Å². The van der Waals surface area contributed by atoms with Crippen LogP contribution in [0.5, 0.6) is 0 Å². The third-order valence-electron chi connectivity index (χ3n) is 1.99. The number of amides is 1. The summed E-state index contributed by atoms with van der Waals surface area (Å²) in [6.07, 6.45) is 0. The zero-order valence-corrected chi connectivity index (χ0v) is 10.4. The molecule has 0 radical (unpaired) electrons. The Kier molecular flexibility index (Phi) is 4.98. The summed E-state index contributed by atoms with van der Waals surface area (Å²) in [4.78, 5) is 22.1. The molecule has 0 heterocycles. The Morgan fingerprint density at radius 2 is 1.94 bits per heavy atom. The number of esters is 1. The summed E-state index contributed by atoms with van der Waals surface area (Å²) in [6, 6.07) is 6.89. The molecule has 0 aliphatic rings. The number of hydrogen-bond acceptors (Lipinski definition) is 3. The number of ether oxygens (including phenoxy) is 1. The maximum atomic E-state index is 11.1. The third kappa shape index (κ3) is 3.66. The molecule has 1 rings (SSSR count). The van der Waals surface area contributed by atoms with Crippen LogP contribution in [0.4, 0.5) is 0 Å². The van der Waals surface area contributed by atoms with Crippen molar-refractivity contribution in [1.82, 2.24) is 5.32 Å². The number of hydrogen-bond donors (Lipinski definition) is 1. The second-order valence-electron chi connectivity index (χ2n) is 3.10. The molecule has 0 aliphatic carbocycles. The van der Waals surface area contributed by atoms with E-state index in [0.717, 1.165) is 5.56 Å². The molecule has 1 N–H and O–H groups in total. The minimum absolute atomic E-state index is 0.0722. The molecule has 0 bridgehead atoms. The summed E-state index contributed by atoms with van der Waals surface area (Å²) in [5.41, 5.74) is 1.43. The first-order valence-corrected chi connectivity index (χ1v) is 5.79. The van der Waals surface area contributed by atoms with Gasteiger partial charge in [-0.05, 0) is 17.7 Å². The predicted octanol–water partition coefficient (Wildman–Crippen LogP) is 1.48. The fraction of sp³-hybridized carbons (Fsp3) is 0.273. The molecule has 0 aliphatic heterocycles. The first-order valence-electron chi connectivity index (χ1n) is 4.67. The topological polar surface area (TPSA) is 55.4 Å². The molecular formula is C11H12BrNO3. The van der Waals surface area contributed by atoms with Gasteiger partial charge in [-0.15, -0.1) is 0 Å². The molecular weight excluding hydrogens is 274 g/mol. The lowest BCUT2D eigenvalue weighted by Gasteiger charge is -2.04. The zero-order chi connectivity index (χ0) is 12.0. The largest absolute Gasteiger partial charge is 0.465 e. The van der Waals surface area contributed by atoms with Gasteiger partial charge < -0.3 is 10.1 Å². The molecule has 0 saturated carbocycles. The van der Waals surface area contributed by atoms with E-state index in [1.54, 1.807) is 24.3 Å². The van der Waals surface area contributed by atoms with Crippen LogP contribution in [0.2, 0.25) is 0 Å². The van der Waals surface area contributed by atoms with Crippen LogP contribution >= 0.6 is 15.9 Å². The van der Waals surface area contributed by atoms with Crippen LogP contribution in [-0.2, 0) is 16.1 Å². The van der Waals surface area contributed by atoms with Gasteiger partial charge in [0.2, 0.25) is 5.91 Å². The van der Waals surface area contributed by atoms with Crippen molar-refractivity contribution in [2.75, 3.05) is 12.4 Å². The summed E-state index contributed by atoms with van der Waals surface area (Å²) in [7, 11) is 1.34. The van der Waals surface area contributed by atoms with Crippen molar-refractivity contribution in [2.45, 2.75) is 6.54 Å². The highest BCUT2D eigenvalue weighted by atomic mass is 79.9. The molecule has 1 aromatic rings. The number of alkyl halides is 1. The highest BCUT2D eigenvalue weighted by molar-refractivity contribution is 9.09. The van der Waals surface area contributed by atoms with E-state index in [-0.39, 0.29) is 17.2 Å². The summed E-state index contributed by atoms with van der Waals surface area (Å²) >= 11 is 3.06. The average molecular weight is 286 g/mol. The number of nitrogens with one attached hydrogen (secondary N) is 1. The number of rotatable bonds is 4. The normalized spacial score (nSPS) is 9.62. The average Bonchev–Trinajstić information content (AvgIpc) is 2.35. The summed E-state index contributed by atoms with van der Waals surface area (Å²) < 4.78 is 4.58. The van der Waals surface area contributed by atoms with Crippen molar-refractivity contribution < 1.29 is 14.3 Å². The zero-order valence-electron chi connectivity index (χ0n) is 8.83. The van der Waals surface area contributed by atoms with Crippen molar-refractivity contribution in [3.63, 3.8) is 0 Å². The number of carbonyl (C=O) groups is 2. The summed E-state index contributed by atoms with van der Waals surface area (Å²) in [5.74, 6) is -0.437. The van der Waals surface area contributed by atoms with E-state index < -0.39 is 0 Å². The number of methoxy groups -OCH3 is 1. The van der Waals surface area contributed by atoms with Crippen LogP contribution in [0.15, 0.2) is 24.3 Å². The SMILES string of the molecule is COC(=O)c1ccc(CNC(=O)CBr)cc1. The fourth-order valence-electron chi connectivity index (χ4n) is 1.12. The maximum Gasteiger partial charge on any atom is 0.337 e. The first-order chi connectivity index (χ1) is 7.67. The smallest absolute Gasteiger partial charge is 0.337 e. The second-order valence-corrected chi connectivity index (χ2v) is 3.66. The van der Waals surface area contributed by atoms with Gasteiger partial charge in [0.05, 0.1) is 18.0 Å². The van der Waals surface area contributed by atoms with Gasteiger partial charge in [0.1, 0.15) is 0 Å². The lowest BCUT2D eigenvalue weighted by molar-refractivity contribution is -0.118. The standard InChI is InChI=1S/C11H12BrNO3/c1-16-11(15)9-4-2-8(3-5-9)7-13-10(14)6-12/h2-5H,6-7H2,1H3,(H,13,14). The molecule has 0 aromatic heterocycles. The Labute approximate surface area is 102 Å². The van der Waals surface area contributed by atoms with Crippen molar-refractivity contribution in [1.29, 1.82) is 0 Å². The third-order valence-corrected chi connectivity index (χ3v) is 2.50. The van der Waals surface area contributed by atoms with Crippen LogP contribution in [0.25, 0.3) is 0 Å². The Morgan fingerprint density at radius 1 is 1.31 bits per heavy atom. The number of benzene rings is 1. The monoisotopic (exact) mass is 285 g/mol. The van der Waals surface area contributed by atoms with Crippen LogP contribution in [0.1, 0.15) is 15.9 Å². The number of halogens is 1. The van der Waals surface area contributed by atoms with Crippen LogP contribution in [0.3, 0.4) is 0 Å². The van der Waals surface area contributed by atoms with E-state index in [0.29, 0.717) is 12.1 Å². The van der Waals surface area contributed by atoms with Gasteiger partial charge in [0, 0.05) is 6.54 Å². The van der Waals surface area contributed by atoms with E-state index in [1.165, 1.54) is 7.11 Å². The molecule has 0 unspecified atom stereocenters. The van der Waals surface area contributed by atoms with Crippen LogP contribution in [-0.4, -0.2) is 24.3 Å². The highest BCUT2D eigenvalue weighted by Crippen LogP contribution is 2.05. The Balaban J connectivity index is 2.58. The van der Waals surface area contributed by atoms with E-state index in [9.17, 15) is 9.59 Å². The van der Waals surface area contributed by atoms with E-state index in [4.69, 9.17) is 0 Å². The molecule has 0 spiro atoms. The molecule has 0 fully saturated rings.